The number of aliphatic hydroxyl groups is 1. The van der Waals surface area contributed by atoms with Crippen LogP contribution in [-0.4, -0.2) is 57.3 Å². The number of nitrogens with zero attached hydrogens (tertiary/aromatic N) is 2. The number of nitrogens with one attached hydrogen (secondary N) is 1. The summed E-state index contributed by atoms with van der Waals surface area (Å²) in [5.41, 5.74) is 1.09. The van der Waals surface area contributed by atoms with Gasteiger partial charge in [-0.3, -0.25) is 9.78 Å². The predicted octanol–water partition coefficient (Wildman–Crippen LogP) is 1.83. The molecule has 0 aliphatic carbocycles. The largest absolute Gasteiger partial charge is 0.388 e. The number of aromatic nitrogens is 2. The van der Waals surface area contributed by atoms with Crippen molar-refractivity contribution in [2.75, 3.05) is 19.7 Å². The van der Waals surface area contributed by atoms with Gasteiger partial charge < -0.3 is 19.7 Å². The van der Waals surface area contributed by atoms with Crippen LogP contribution < -0.4 is 0 Å². The van der Waals surface area contributed by atoms with Gasteiger partial charge in [-0.05, 0) is 26.0 Å². The molecule has 3 rings (SSSR count). The maximum atomic E-state index is 12.4. The van der Waals surface area contributed by atoms with Gasteiger partial charge in [0.15, 0.2) is 0 Å². The number of hydrogen-bond donors (Lipinski definition) is 2. The number of ether oxygens (including phenoxy) is 1. The molecule has 0 spiro atoms. The molecule has 1 fully saturated rings. The first-order chi connectivity index (χ1) is 10.3. The summed E-state index contributed by atoms with van der Waals surface area (Å²) in [6, 6.07) is 3.46. The minimum Gasteiger partial charge on any atom is -0.388 e. The van der Waals surface area contributed by atoms with E-state index in [2.05, 4.69) is 9.97 Å². The van der Waals surface area contributed by atoms with Crippen LogP contribution in [0.4, 0.5) is 0 Å². The Morgan fingerprint density at radius 1 is 1.55 bits per heavy atom. The van der Waals surface area contributed by atoms with E-state index < -0.39 is 5.60 Å². The van der Waals surface area contributed by atoms with Crippen LogP contribution in [0.3, 0.4) is 0 Å². The van der Waals surface area contributed by atoms with Crippen LogP contribution in [0.25, 0.3) is 11.0 Å². The van der Waals surface area contributed by atoms with Crippen LogP contribution in [0.1, 0.15) is 24.3 Å². The number of fused-ring (bicyclic) bond motifs is 1. The Bertz CT molecular complexity index is 702. The summed E-state index contributed by atoms with van der Waals surface area (Å²) in [6.07, 6.45) is 1.53. The van der Waals surface area contributed by atoms with Gasteiger partial charge in [0.2, 0.25) is 0 Å². The molecule has 0 saturated carbocycles. The third-order valence-electron chi connectivity index (χ3n) is 3.47. The van der Waals surface area contributed by atoms with Gasteiger partial charge in [0.1, 0.15) is 5.69 Å². The number of carbonyl (C=O) groups is 1. The van der Waals surface area contributed by atoms with Crippen LogP contribution in [0.5, 0.6) is 0 Å². The lowest BCUT2D eigenvalue weighted by atomic mass is 10.1. The van der Waals surface area contributed by atoms with Gasteiger partial charge >= 0.3 is 0 Å². The van der Waals surface area contributed by atoms with Gasteiger partial charge in [-0.25, -0.2) is 0 Å². The number of amides is 1. The molecule has 1 aliphatic rings. The maximum absolute atomic E-state index is 12.4. The Hall–Kier alpha value is -1.63. The van der Waals surface area contributed by atoms with Crippen LogP contribution in [0.2, 0.25) is 5.02 Å². The van der Waals surface area contributed by atoms with Crippen LogP contribution in [0.15, 0.2) is 18.3 Å². The second kappa shape index (κ2) is 5.53. The van der Waals surface area contributed by atoms with Gasteiger partial charge in [0, 0.05) is 19.3 Å². The number of hydrogen-bond acceptors (Lipinski definition) is 4. The molecule has 0 atom stereocenters. The molecule has 0 radical (unpaired) electrons. The molecule has 1 saturated heterocycles. The van der Waals surface area contributed by atoms with Gasteiger partial charge in [-0.2, -0.15) is 0 Å². The van der Waals surface area contributed by atoms with Gasteiger partial charge in [-0.15, -0.1) is 0 Å². The van der Waals surface area contributed by atoms with Gasteiger partial charge in [-0.1, -0.05) is 11.6 Å². The van der Waals surface area contributed by atoms with E-state index in [9.17, 15) is 9.90 Å². The number of likely N-dealkylation sites (tertiary alicyclic amines) is 1. The van der Waals surface area contributed by atoms with Crippen molar-refractivity contribution in [3.63, 3.8) is 0 Å². The van der Waals surface area contributed by atoms with Crippen molar-refractivity contribution in [2.45, 2.75) is 25.6 Å². The third kappa shape index (κ3) is 3.24. The SMILES string of the molecule is CC(C)(O)COC1CN(C(=O)c2cc3ncc(Cl)cc3[nH]2)C1. The summed E-state index contributed by atoms with van der Waals surface area (Å²) in [4.78, 5) is 21.3. The lowest BCUT2D eigenvalue weighted by Gasteiger charge is -2.39. The summed E-state index contributed by atoms with van der Waals surface area (Å²) in [5, 5.41) is 10.1. The maximum Gasteiger partial charge on any atom is 0.270 e. The zero-order chi connectivity index (χ0) is 15.9. The average molecular weight is 324 g/mol. The molecular weight excluding hydrogens is 306 g/mol. The Kier molecular flexibility index (Phi) is 3.84. The van der Waals surface area contributed by atoms with E-state index >= 15 is 0 Å². The van der Waals surface area contributed by atoms with Crippen molar-refractivity contribution >= 4 is 28.5 Å². The highest BCUT2D eigenvalue weighted by Gasteiger charge is 2.33. The van der Waals surface area contributed by atoms with Gasteiger partial charge in [0.05, 0.1) is 34.4 Å². The molecule has 6 nitrogen and oxygen atoms in total. The predicted molar refractivity (Wildman–Crippen MR) is 83.0 cm³/mol. The number of H-pyrrole nitrogens is 1. The monoisotopic (exact) mass is 323 g/mol. The quantitative estimate of drug-likeness (QED) is 0.899. The summed E-state index contributed by atoms with van der Waals surface area (Å²) in [5.74, 6) is -0.0859. The summed E-state index contributed by atoms with van der Waals surface area (Å²) in [7, 11) is 0. The van der Waals surface area contributed by atoms with E-state index in [0.717, 1.165) is 5.52 Å². The van der Waals surface area contributed by atoms with E-state index in [-0.39, 0.29) is 18.6 Å². The first-order valence-electron chi connectivity index (χ1n) is 7.09. The first-order valence-corrected chi connectivity index (χ1v) is 7.47. The first kappa shape index (κ1) is 15.3. The van der Waals surface area contributed by atoms with E-state index in [1.54, 1.807) is 37.1 Å². The molecule has 0 unspecified atom stereocenters. The fourth-order valence-corrected chi connectivity index (χ4v) is 2.46. The molecule has 1 aliphatic heterocycles. The zero-order valence-corrected chi connectivity index (χ0v) is 13.2. The molecular formula is C15H18ClN3O3. The van der Waals surface area contributed by atoms with Crippen molar-refractivity contribution in [3.8, 4) is 0 Å². The highest BCUT2D eigenvalue weighted by atomic mass is 35.5. The van der Waals surface area contributed by atoms with E-state index in [1.807, 2.05) is 0 Å². The molecule has 3 heterocycles. The normalized spacial score (nSPS) is 16.1. The summed E-state index contributed by atoms with van der Waals surface area (Å²) < 4.78 is 5.55. The molecule has 0 aromatic carbocycles. The minimum absolute atomic E-state index is 0.0210. The zero-order valence-electron chi connectivity index (χ0n) is 12.5. The third-order valence-corrected chi connectivity index (χ3v) is 3.68. The van der Waals surface area contributed by atoms with Crippen LogP contribution in [0, 0.1) is 0 Å². The molecule has 7 heteroatoms. The summed E-state index contributed by atoms with van der Waals surface area (Å²) >= 11 is 5.88. The molecule has 2 aromatic heterocycles. The molecule has 2 N–H and O–H groups in total. The Morgan fingerprint density at radius 3 is 2.95 bits per heavy atom. The number of carbonyl (C=O) groups excluding carboxylic acids is 1. The standard InChI is InChI=1S/C15H18ClN3O3/c1-15(2,21)8-22-10-6-19(7-10)14(20)13-4-11-12(18-13)3-9(16)5-17-11/h3-5,10,18,21H,6-8H2,1-2H3. The fraction of sp³-hybridized carbons (Fsp3) is 0.467. The Labute approximate surface area is 133 Å². The number of aromatic amines is 1. The lowest BCUT2D eigenvalue weighted by Crippen LogP contribution is -2.55. The van der Waals surface area contributed by atoms with E-state index in [4.69, 9.17) is 16.3 Å². The van der Waals surface area contributed by atoms with E-state index in [1.165, 1.54) is 0 Å². The average Bonchev–Trinajstić information content (AvgIpc) is 2.78. The Morgan fingerprint density at radius 2 is 2.27 bits per heavy atom. The molecule has 1 amide bonds. The fourth-order valence-electron chi connectivity index (χ4n) is 2.30. The van der Waals surface area contributed by atoms with Crippen molar-refractivity contribution < 1.29 is 14.6 Å². The lowest BCUT2D eigenvalue weighted by molar-refractivity contribution is -0.0943. The number of halogens is 1. The topological polar surface area (TPSA) is 78.5 Å². The molecule has 0 bridgehead atoms. The highest BCUT2D eigenvalue weighted by Crippen LogP contribution is 2.21. The molecule has 22 heavy (non-hydrogen) atoms. The molecule has 118 valence electrons. The van der Waals surface area contributed by atoms with Crippen molar-refractivity contribution in [1.29, 1.82) is 0 Å². The smallest absolute Gasteiger partial charge is 0.270 e. The van der Waals surface area contributed by atoms with Crippen molar-refractivity contribution in [1.82, 2.24) is 14.9 Å². The van der Waals surface area contributed by atoms with Crippen LogP contribution in [-0.2, 0) is 4.74 Å². The highest BCUT2D eigenvalue weighted by molar-refractivity contribution is 6.31. The number of pyridine rings is 1. The van der Waals surface area contributed by atoms with Crippen molar-refractivity contribution in [2.24, 2.45) is 0 Å². The van der Waals surface area contributed by atoms with Crippen LogP contribution >= 0.6 is 11.6 Å². The Balaban J connectivity index is 1.60. The second-order valence-corrected chi connectivity index (χ2v) is 6.66. The summed E-state index contributed by atoms with van der Waals surface area (Å²) in [6.45, 7) is 4.69. The van der Waals surface area contributed by atoms with E-state index in [0.29, 0.717) is 29.3 Å². The van der Waals surface area contributed by atoms with Crippen molar-refractivity contribution in [3.05, 3.63) is 29.0 Å². The minimum atomic E-state index is -0.855. The molecule has 2 aromatic rings. The van der Waals surface area contributed by atoms with Gasteiger partial charge in [0.25, 0.3) is 5.91 Å². The number of rotatable bonds is 4. The second-order valence-electron chi connectivity index (χ2n) is 6.22.